The summed E-state index contributed by atoms with van der Waals surface area (Å²) in [5.41, 5.74) is 0.814. The number of aldehydes is 1. The van der Waals surface area contributed by atoms with Crippen molar-refractivity contribution in [3.05, 3.63) is 35.6 Å². The van der Waals surface area contributed by atoms with Crippen molar-refractivity contribution in [2.75, 3.05) is 0 Å². The quantitative estimate of drug-likeness (QED) is 0.673. The topological polar surface area (TPSA) is 17.1 Å². The second-order valence-corrected chi connectivity index (χ2v) is 3.96. The predicted octanol–water partition coefficient (Wildman–Crippen LogP) is 2.91. The first-order chi connectivity index (χ1) is 6.81. The van der Waals surface area contributed by atoms with Crippen molar-refractivity contribution >= 4 is 6.29 Å². The van der Waals surface area contributed by atoms with Crippen molar-refractivity contribution in [1.82, 2.24) is 0 Å². The molecule has 0 N–H and O–H groups in total. The first-order valence-corrected chi connectivity index (χ1v) is 4.99. The van der Waals surface area contributed by atoms with E-state index in [-0.39, 0.29) is 5.82 Å². The molecule has 1 aliphatic rings. The minimum atomic E-state index is -0.109. The minimum absolute atomic E-state index is 0.109. The Morgan fingerprint density at radius 1 is 1.36 bits per heavy atom. The van der Waals surface area contributed by atoms with Gasteiger partial charge in [-0.1, -0.05) is 18.2 Å². The first-order valence-electron chi connectivity index (χ1n) is 4.99. The summed E-state index contributed by atoms with van der Waals surface area (Å²) < 4.78 is 13.3. The third-order valence-corrected chi connectivity index (χ3v) is 3.01. The summed E-state index contributed by atoms with van der Waals surface area (Å²) in [7, 11) is 0. The van der Waals surface area contributed by atoms with Crippen molar-refractivity contribution < 1.29 is 9.18 Å². The van der Waals surface area contributed by atoms with Crippen LogP contribution >= 0.6 is 0 Å². The molecule has 1 aliphatic carbocycles. The fourth-order valence-electron chi connectivity index (χ4n) is 2.12. The van der Waals surface area contributed by atoms with Gasteiger partial charge in [-0.3, -0.25) is 0 Å². The molecule has 0 aromatic heterocycles. The van der Waals surface area contributed by atoms with Gasteiger partial charge in [0.15, 0.2) is 0 Å². The lowest BCUT2D eigenvalue weighted by Crippen LogP contribution is -2.22. The summed E-state index contributed by atoms with van der Waals surface area (Å²) in [6, 6.07) is 6.92. The number of hydrogen-bond acceptors (Lipinski definition) is 1. The summed E-state index contributed by atoms with van der Waals surface area (Å²) in [5.74, 6) is 0.709. The maximum atomic E-state index is 13.3. The van der Waals surface area contributed by atoms with Crippen molar-refractivity contribution in [2.24, 2.45) is 5.92 Å². The third kappa shape index (κ3) is 1.69. The van der Waals surface area contributed by atoms with Crippen LogP contribution in [-0.2, 0) is 4.79 Å². The van der Waals surface area contributed by atoms with E-state index >= 15 is 0 Å². The van der Waals surface area contributed by atoms with E-state index in [2.05, 4.69) is 0 Å². The highest BCUT2D eigenvalue weighted by atomic mass is 19.1. The van der Waals surface area contributed by atoms with E-state index in [0.717, 1.165) is 24.7 Å². The van der Waals surface area contributed by atoms with E-state index in [9.17, 15) is 9.18 Å². The Labute approximate surface area is 82.9 Å². The Morgan fingerprint density at radius 2 is 2.07 bits per heavy atom. The molecule has 0 unspecified atom stereocenters. The maximum Gasteiger partial charge on any atom is 0.126 e. The normalized spacial score (nSPS) is 25.5. The lowest BCUT2D eigenvalue weighted by atomic mass is 9.70. The number of halogens is 1. The number of rotatable bonds is 3. The Kier molecular flexibility index (Phi) is 2.62. The Balaban J connectivity index is 1.99. The van der Waals surface area contributed by atoms with Gasteiger partial charge in [0.2, 0.25) is 0 Å². The molecule has 0 heterocycles. The van der Waals surface area contributed by atoms with Gasteiger partial charge < -0.3 is 4.79 Å². The van der Waals surface area contributed by atoms with Gasteiger partial charge in [0, 0.05) is 6.42 Å². The number of carbonyl (C=O) groups is 1. The van der Waals surface area contributed by atoms with E-state index in [0.29, 0.717) is 18.3 Å². The molecule has 0 radical (unpaired) electrons. The molecule has 0 saturated heterocycles. The molecule has 1 saturated carbocycles. The van der Waals surface area contributed by atoms with Gasteiger partial charge in [-0.15, -0.1) is 0 Å². The van der Waals surface area contributed by atoms with Crippen molar-refractivity contribution in [2.45, 2.75) is 25.2 Å². The minimum Gasteiger partial charge on any atom is -0.303 e. The van der Waals surface area contributed by atoms with Crippen molar-refractivity contribution in [3.63, 3.8) is 0 Å². The fourth-order valence-corrected chi connectivity index (χ4v) is 2.12. The van der Waals surface area contributed by atoms with Crippen LogP contribution in [0, 0.1) is 11.7 Å². The smallest absolute Gasteiger partial charge is 0.126 e. The average Bonchev–Trinajstić information content (AvgIpc) is 2.12. The van der Waals surface area contributed by atoms with Gasteiger partial charge >= 0.3 is 0 Å². The van der Waals surface area contributed by atoms with Crippen LogP contribution in [0.4, 0.5) is 4.39 Å². The molecule has 1 nitrogen and oxygen atoms in total. The average molecular weight is 192 g/mol. The first kappa shape index (κ1) is 9.38. The highest BCUT2D eigenvalue weighted by Crippen LogP contribution is 2.43. The zero-order valence-corrected chi connectivity index (χ0v) is 7.95. The maximum absolute atomic E-state index is 13.3. The predicted molar refractivity (Wildman–Crippen MR) is 52.5 cm³/mol. The van der Waals surface area contributed by atoms with Crippen LogP contribution < -0.4 is 0 Å². The molecule has 1 fully saturated rings. The number of hydrogen-bond donors (Lipinski definition) is 0. The summed E-state index contributed by atoms with van der Waals surface area (Å²) in [6.45, 7) is 0. The largest absolute Gasteiger partial charge is 0.303 e. The molecule has 0 aliphatic heterocycles. The number of benzene rings is 1. The van der Waals surface area contributed by atoms with Gasteiger partial charge in [-0.2, -0.15) is 0 Å². The van der Waals surface area contributed by atoms with Crippen LogP contribution in [0.1, 0.15) is 30.7 Å². The van der Waals surface area contributed by atoms with Crippen LogP contribution in [0.15, 0.2) is 24.3 Å². The van der Waals surface area contributed by atoms with Gasteiger partial charge in [0.05, 0.1) is 0 Å². The van der Waals surface area contributed by atoms with Crippen LogP contribution in [0.2, 0.25) is 0 Å². The molecule has 0 spiro atoms. The molecule has 1 aromatic carbocycles. The summed E-state index contributed by atoms with van der Waals surface area (Å²) in [6.07, 6.45) is 3.51. The lowest BCUT2D eigenvalue weighted by Gasteiger charge is -2.34. The summed E-state index contributed by atoms with van der Waals surface area (Å²) in [5, 5.41) is 0. The van der Waals surface area contributed by atoms with E-state index in [1.165, 1.54) is 6.07 Å². The molecule has 0 atom stereocenters. The van der Waals surface area contributed by atoms with Gasteiger partial charge in [-0.05, 0) is 36.3 Å². The zero-order chi connectivity index (χ0) is 9.97. The number of carbonyl (C=O) groups excluding carboxylic acids is 1. The molecular formula is C12H13FO. The van der Waals surface area contributed by atoms with Crippen LogP contribution in [0.3, 0.4) is 0 Å². The molecule has 74 valence electrons. The second kappa shape index (κ2) is 3.91. The molecule has 2 rings (SSSR count). The van der Waals surface area contributed by atoms with Gasteiger partial charge in [0.25, 0.3) is 0 Å². The zero-order valence-electron chi connectivity index (χ0n) is 7.95. The van der Waals surface area contributed by atoms with Crippen molar-refractivity contribution in [3.8, 4) is 0 Å². The van der Waals surface area contributed by atoms with Crippen LogP contribution in [-0.4, -0.2) is 6.29 Å². The highest BCUT2D eigenvalue weighted by Gasteiger charge is 2.31. The standard InChI is InChI=1S/C12H13FO/c13-12-4-2-1-3-11(12)10-7-9(8-10)5-6-14/h1-4,6,9-10H,5,7-8H2. The molecule has 1 aromatic rings. The van der Waals surface area contributed by atoms with E-state index in [4.69, 9.17) is 0 Å². The van der Waals surface area contributed by atoms with Gasteiger partial charge in [-0.25, -0.2) is 4.39 Å². The molecule has 2 heteroatoms. The molecule has 0 amide bonds. The molecule has 0 bridgehead atoms. The Morgan fingerprint density at radius 3 is 2.71 bits per heavy atom. The lowest BCUT2D eigenvalue weighted by molar-refractivity contribution is -0.109. The fraction of sp³-hybridized carbons (Fsp3) is 0.417. The third-order valence-electron chi connectivity index (χ3n) is 3.01. The van der Waals surface area contributed by atoms with Crippen LogP contribution in [0.5, 0.6) is 0 Å². The SMILES string of the molecule is O=CCC1CC(c2ccccc2F)C1. The van der Waals surface area contributed by atoms with E-state index in [1.807, 2.05) is 12.1 Å². The molecule has 14 heavy (non-hydrogen) atoms. The summed E-state index contributed by atoms with van der Waals surface area (Å²) >= 11 is 0. The summed E-state index contributed by atoms with van der Waals surface area (Å²) in [4.78, 5) is 10.2. The Bertz CT molecular complexity index is 329. The van der Waals surface area contributed by atoms with E-state index < -0.39 is 0 Å². The van der Waals surface area contributed by atoms with E-state index in [1.54, 1.807) is 6.07 Å². The highest BCUT2D eigenvalue weighted by molar-refractivity contribution is 5.50. The monoisotopic (exact) mass is 192 g/mol. The second-order valence-electron chi connectivity index (χ2n) is 3.96. The Hall–Kier alpha value is -1.18. The van der Waals surface area contributed by atoms with Crippen molar-refractivity contribution in [1.29, 1.82) is 0 Å². The van der Waals surface area contributed by atoms with Gasteiger partial charge in [0.1, 0.15) is 12.1 Å². The van der Waals surface area contributed by atoms with Crippen LogP contribution in [0.25, 0.3) is 0 Å². The molecular weight excluding hydrogens is 179 g/mol.